The third-order valence-electron chi connectivity index (χ3n) is 2.83. The topological polar surface area (TPSA) is 52.9 Å². The number of benzene rings is 2. The van der Waals surface area contributed by atoms with E-state index in [2.05, 4.69) is 17.9 Å². The van der Waals surface area contributed by atoms with Crippen molar-refractivity contribution in [3.8, 4) is 6.07 Å². The number of nitrogens with one attached hydrogen (secondary N) is 1. The van der Waals surface area contributed by atoms with Gasteiger partial charge < -0.3 is 5.32 Å². The quantitative estimate of drug-likeness (QED) is 0.830. The number of rotatable bonds is 2. The van der Waals surface area contributed by atoms with E-state index in [0.717, 1.165) is 5.56 Å². The van der Waals surface area contributed by atoms with Crippen LogP contribution in [0.3, 0.4) is 0 Å². The van der Waals surface area contributed by atoms with Gasteiger partial charge >= 0.3 is 0 Å². The van der Waals surface area contributed by atoms with Gasteiger partial charge in [-0.15, -0.1) is 12.6 Å². The van der Waals surface area contributed by atoms with Crippen molar-refractivity contribution in [3.63, 3.8) is 0 Å². The molecular weight excluding hydrogens is 275 g/mol. The molecule has 0 aliphatic carbocycles. The van der Waals surface area contributed by atoms with Gasteiger partial charge in [0.25, 0.3) is 5.91 Å². The van der Waals surface area contributed by atoms with E-state index >= 15 is 0 Å². The van der Waals surface area contributed by atoms with Gasteiger partial charge in [-0.25, -0.2) is 4.39 Å². The van der Waals surface area contributed by atoms with Crippen LogP contribution in [-0.2, 0) is 0 Å². The van der Waals surface area contributed by atoms with Crippen molar-refractivity contribution in [2.24, 2.45) is 0 Å². The molecule has 1 amide bonds. The molecule has 2 aromatic rings. The first-order valence-electron chi connectivity index (χ1n) is 5.82. The van der Waals surface area contributed by atoms with E-state index in [-0.39, 0.29) is 5.56 Å². The van der Waals surface area contributed by atoms with E-state index < -0.39 is 11.7 Å². The first-order valence-corrected chi connectivity index (χ1v) is 6.27. The minimum absolute atomic E-state index is 0.108. The zero-order valence-electron chi connectivity index (χ0n) is 10.6. The van der Waals surface area contributed by atoms with E-state index in [1.165, 1.54) is 18.2 Å². The SMILES string of the molecule is Cc1cccc(NC(=O)c2cc(S)ccc2F)c1C#N. The molecule has 0 saturated heterocycles. The summed E-state index contributed by atoms with van der Waals surface area (Å²) >= 11 is 4.08. The fraction of sp³-hybridized carbons (Fsp3) is 0.0667. The van der Waals surface area contributed by atoms with Crippen molar-refractivity contribution in [1.29, 1.82) is 5.26 Å². The number of anilines is 1. The number of hydrogen-bond acceptors (Lipinski definition) is 3. The highest BCUT2D eigenvalue weighted by molar-refractivity contribution is 7.80. The van der Waals surface area contributed by atoms with Crippen LogP contribution in [-0.4, -0.2) is 5.91 Å². The zero-order valence-corrected chi connectivity index (χ0v) is 11.5. The lowest BCUT2D eigenvalue weighted by atomic mass is 10.1. The number of thiol groups is 1. The highest BCUT2D eigenvalue weighted by atomic mass is 32.1. The van der Waals surface area contributed by atoms with E-state index in [1.54, 1.807) is 25.1 Å². The molecule has 0 spiro atoms. The number of hydrogen-bond donors (Lipinski definition) is 2. The summed E-state index contributed by atoms with van der Waals surface area (Å²) in [5.74, 6) is -1.24. The second-order valence-corrected chi connectivity index (χ2v) is 4.74. The Bertz CT molecular complexity index is 722. The van der Waals surface area contributed by atoms with Gasteiger partial charge in [0, 0.05) is 4.90 Å². The summed E-state index contributed by atoms with van der Waals surface area (Å²) in [7, 11) is 0. The van der Waals surface area contributed by atoms with Crippen LogP contribution in [0.25, 0.3) is 0 Å². The summed E-state index contributed by atoms with van der Waals surface area (Å²) in [6, 6.07) is 11.1. The van der Waals surface area contributed by atoms with Crippen LogP contribution < -0.4 is 5.32 Å². The predicted molar refractivity (Wildman–Crippen MR) is 77.5 cm³/mol. The van der Waals surface area contributed by atoms with Gasteiger partial charge in [0.15, 0.2) is 0 Å². The van der Waals surface area contributed by atoms with Crippen molar-refractivity contribution in [2.75, 3.05) is 5.32 Å². The van der Waals surface area contributed by atoms with E-state index in [1.807, 2.05) is 6.07 Å². The first kappa shape index (κ1) is 14.1. The molecule has 0 atom stereocenters. The maximum Gasteiger partial charge on any atom is 0.258 e. The van der Waals surface area contributed by atoms with E-state index in [0.29, 0.717) is 16.1 Å². The average Bonchev–Trinajstić information content (AvgIpc) is 2.41. The van der Waals surface area contributed by atoms with Crippen molar-refractivity contribution >= 4 is 24.2 Å². The van der Waals surface area contributed by atoms with Crippen molar-refractivity contribution in [2.45, 2.75) is 11.8 Å². The standard InChI is InChI=1S/C15H11FN2OS/c1-9-3-2-4-14(12(9)8-17)18-15(19)11-7-10(20)5-6-13(11)16/h2-7,20H,1H3,(H,18,19). The smallest absolute Gasteiger partial charge is 0.258 e. The van der Waals surface area contributed by atoms with Gasteiger partial charge in [-0.05, 0) is 36.8 Å². The summed E-state index contributed by atoms with van der Waals surface area (Å²) < 4.78 is 13.6. The lowest BCUT2D eigenvalue weighted by Gasteiger charge is -2.09. The third kappa shape index (κ3) is 2.81. The molecule has 2 aromatic carbocycles. The molecule has 0 aromatic heterocycles. The zero-order chi connectivity index (χ0) is 14.7. The molecule has 0 unspecified atom stereocenters. The Balaban J connectivity index is 2.36. The van der Waals surface area contributed by atoms with Crippen LogP contribution in [0.4, 0.5) is 10.1 Å². The van der Waals surface area contributed by atoms with Crippen LogP contribution in [0.5, 0.6) is 0 Å². The summed E-state index contributed by atoms with van der Waals surface area (Å²) in [5.41, 5.74) is 1.36. The van der Waals surface area contributed by atoms with Crippen LogP contribution in [0.2, 0.25) is 0 Å². The average molecular weight is 286 g/mol. The highest BCUT2D eigenvalue weighted by Crippen LogP contribution is 2.20. The number of carbonyl (C=O) groups excluding carboxylic acids is 1. The summed E-state index contributed by atoms with van der Waals surface area (Å²) in [4.78, 5) is 12.6. The Morgan fingerprint density at radius 2 is 2.10 bits per heavy atom. The second kappa shape index (κ2) is 5.76. The fourth-order valence-corrected chi connectivity index (χ4v) is 2.00. The Hall–Kier alpha value is -2.32. The van der Waals surface area contributed by atoms with Gasteiger partial charge in [0.1, 0.15) is 11.9 Å². The molecule has 20 heavy (non-hydrogen) atoms. The molecule has 0 fully saturated rings. The fourth-order valence-electron chi connectivity index (χ4n) is 1.80. The Morgan fingerprint density at radius 3 is 2.80 bits per heavy atom. The van der Waals surface area contributed by atoms with Crippen LogP contribution in [0, 0.1) is 24.1 Å². The lowest BCUT2D eigenvalue weighted by molar-refractivity contribution is 0.102. The Kier molecular flexibility index (Phi) is 4.06. The number of halogens is 1. The summed E-state index contributed by atoms with van der Waals surface area (Å²) in [6.45, 7) is 1.77. The first-order chi connectivity index (χ1) is 9.52. The molecule has 0 heterocycles. The number of nitriles is 1. The van der Waals surface area contributed by atoms with Gasteiger partial charge in [0.2, 0.25) is 0 Å². The molecule has 0 aliphatic heterocycles. The van der Waals surface area contributed by atoms with E-state index in [9.17, 15) is 9.18 Å². The van der Waals surface area contributed by atoms with Crippen LogP contribution in [0.15, 0.2) is 41.3 Å². The van der Waals surface area contributed by atoms with E-state index in [4.69, 9.17) is 5.26 Å². The second-order valence-electron chi connectivity index (χ2n) is 4.23. The summed E-state index contributed by atoms with van der Waals surface area (Å²) in [6.07, 6.45) is 0. The molecule has 0 radical (unpaired) electrons. The number of nitrogens with zero attached hydrogens (tertiary/aromatic N) is 1. The van der Waals surface area contributed by atoms with Gasteiger partial charge in [-0.3, -0.25) is 4.79 Å². The lowest BCUT2D eigenvalue weighted by Crippen LogP contribution is -2.15. The predicted octanol–water partition coefficient (Wildman–Crippen LogP) is 3.55. The van der Waals surface area contributed by atoms with Crippen molar-refractivity contribution in [3.05, 3.63) is 58.9 Å². The maximum atomic E-state index is 13.6. The molecule has 0 aliphatic rings. The minimum atomic E-state index is -0.633. The molecule has 1 N–H and O–H groups in total. The molecule has 3 nitrogen and oxygen atoms in total. The molecule has 100 valence electrons. The van der Waals surface area contributed by atoms with Gasteiger partial charge in [0.05, 0.1) is 16.8 Å². The number of carbonyl (C=O) groups is 1. The molecular formula is C15H11FN2OS. The van der Waals surface area contributed by atoms with Crippen molar-refractivity contribution < 1.29 is 9.18 Å². The largest absolute Gasteiger partial charge is 0.321 e. The molecule has 5 heteroatoms. The maximum absolute atomic E-state index is 13.6. The molecule has 0 bridgehead atoms. The number of aryl methyl sites for hydroxylation is 1. The number of amides is 1. The Morgan fingerprint density at radius 1 is 1.35 bits per heavy atom. The molecule has 0 saturated carbocycles. The Labute approximate surface area is 121 Å². The highest BCUT2D eigenvalue weighted by Gasteiger charge is 2.14. The molecule has 2 rings (SSSR count). The van der Waals surface area contributed by atoms with Gasteiger partial charge in [-0.1, -0.05) is 12.1 Å². The minimum Gasteiger partial charge on any atom is -0.321 e. The van der Waals surface area contributed by atoms with Crippen LogP contribution in [0.1, 0.15) is 21.5 Å². The van der Waals surface area contributed by atoms with Gasteiger partial charge in [-0.2, -0.15) is 5.26 Å². The third-order valence-corrected chi connectivity index (χ3v) is 3.11. The summed E-state index contributed by atoms with van der Waals surface area (Å²) in [5, 5.41) is 11.6. The van der Waals surface area contributed by atoms with Crippen molar-refractivity contribution in [1.82, 2.24) is 0 Å². The normalized spacial score (nSPS) is 9.90. The monoisotopic (exact) mass is 286 g/mol. The van der Waals surface area contributed by atoms with Crippen LogP contribution >= 0.6 is 12.6 Å².